The molecule has 0 saturated heterocycles. The summed E-state index contributed by atoms with van der Waals surface area (Å²) in [7, 11) is 0. The summed E-state index contributed by atoms with van der Waals surface area (Å²) in [4.78, 5) is 0. The topological polar surface area (TPSA) is 25.2 Å². The first kappa shape index (κ1) is 17.6. The number of hydrogen-bond acceptors (Lipinski definition) is 2. The number of rotatable bonds is 5. The van der Waals surface area contributed by atoms with Gasteiger partial charge >= 0.3 is 0 Å². The van der Waals surface area contributed by atoms with Crippen molar-refractivity contribution >= 4 is 11.8 Å². The van der Waals surface area contributed by atoms with E-state index in [1.807, 2.05) is 25.6 Å². The number of hydrogen-bond donors (Lipinski definition) is 1. The molecular weight excluding hydrogens is 321 g/mol. The minimum atomic E-state index is -0.447. The van der Waals surface area contributed by atoms with Crippen molar-refractivity contribution in [2.75, 3.05) is 5.75 Å². The quantitative estimate of drug-likeness (QED) is 0.790. The van der Waals surface area contributed by atoms with Crippen molar-refractivity contribution in [2.45, 2.75) is 57.3 Å². The highest BCUT2D eigenvalue weighted by Gasteiger charge is 2.20. The van der Waals surface area contributed by atoms with E-state index in [1.54, 1.807) is 12.1 Å². The van der Waals surface area contributed by atoms with Gasteiger partial charge in [-0.15, -0.1) is 0 Å². The van der Waals surface area contributed by atoms with Crippen LogP contribution in [0.2, 0.25) is 0 Å². The van der Waals surface area contributed by atoms with E-state index in [4.69, 9.17) is 0 Å². The summed E-state index contributed by atoms with van der Waals surface area (Å²) >= 11 is 1.91. The number of halogens is 1. The molecule has 0 bridgehead atoms. The van der Waals surface area contributed by atoms with Crippen molar-refractivity contribution in [3.05, 3.63) is 53.1 Å². The third-order valence-corrected chi connectivity index (χ3v) is 6.41. The second-order valence-corrected chi connectivity index (χ2v) is 8.08. The summed E-state index contributed by atoms with van der Waals surface area (Å²) in [5.74, 6) is 0.517. The molecule has 0 spiro atoms. The zero-order valence-electron chi connectivity index (χ0n) is 14.5. The first-order valence-corrected chi connectivity index (χ1v) is 9.85. The Balaban J connectivity index is 1.73. The number of nitrogens with zero attached hydrogens (tertiary/aromatic N) is 1. The Morgan fingerprint density at radius 1 is 1.17 bits per heavy atom. The maximum atomic E-state index is 13.2. The number of aliphatic hydroxyl groups is 1. The van der Waals surface area contributed by atoms with Crippen LogP contribution in [0, 0.1) is 19.7 Å². The lowest BCUT2D eigenvalue weighted by molar-refractivity contribution is 0.203. The molecular formula is C20H26FNOS. The summed E-state index contributed by atoms with van der Waals surface area (Å²) in [5, 5.41) is 11.4. The van der Waals surface area contributed by atoms with Gasteiger partial charge in [0.25, 0.3) is 0 Å². The summed E-state index contributed by atoms with van der Waals surface area (Å²) in [5.41, 5.74) is 4.02. The van der Waals surface area contributed by atoms with Gasteiger partial charge in [-0.1, -0.05) is 19.3 Å². The predicted molar refractivity (Wildman–Crippen MR) is 99.5 cm³/mol. The van der Waals surface area contributed by atoms with Gasteiger partial charge in [0, 0.05) is 33.6 Å². The van der Waals surface area contributed by atoms with E-state index in [2.05, 4.69) is 10.6 Å². The first-order valence-electron chi connectivity index (χ1n) is 8.80. The zero-order chi connectivity index (χ0) is 17.1. The fraction of sp³-hybridized carbons (Fsp3) is 0.500. The Morgan fingerprint density at radius 3 is 2.50 bits per heavy atom. The molecule has 24 heavy (non-hydrogen) atoms. The van der Waals surface area contributed by atoms with Gasteiger partial charge in [0.1, 0.15) is 5.82 Å². The molecule has 0 amide bonds. The minimum Gasteiger partial charge on any atom is -0.387 e. The van der Waals surface area contributed by atoms with Crippen LogP contribution < -0.4 is 0 Å². The van der Waals surface area contributed by atoms with Gasteiger partial charge in [0.05, 0.1) is 6.10 Å². The van der Waals surface area contributed by atoms with Crippen LogP contribution in [0.5, 0.6) is 0 Å². The first-order chi connectivity index (χ1) is 11.6. The van der Waals surface area contributed by atoms with E-state index >= 15 is 0 Å². The number of thioether (sulfide) groups is 1. The van der Waals surface area contributed by atoms with Gasteiger partial charge in [-0.05, 0) is 57.0 Å². The second-order valence-electron chi connectivity index (χ2n) is 6.75. The van der Waals surface area contributed by atoms with Crippen molar-refractivity contribution in [1.29, 1.82) is 0 Å². The van der Waals surface area contributed by atoms with E-state index in [0.717, 1.165) is 28.4 Å². The lowest BCUT2D eigenvalue weighted by Crippen LogP contribution is -2.12. The standard InChI is InChI=1S/C20H26FNOS/c1-14-12-19(20(23)13-24-18-6-4-3-5-7-18)15(2)22(14)17-10-8-16(21)9-11-17/h8-12,18,20,23H,3-7,13H2,1-2H3. The molecule has 1 saturated carbocycles. The molecule has 1 aromatic carbocycles. The van der Waals surface area contributed by atoms with Crippen LogP contribution in [-0.2, 0) is 0 Å². The number of aromatic nitrogens is 1. The van der Waals surface area contributed by atoms with E-state index < -0.39 is 6.10 Å². The smallest absolute Gasteiger partial charge is 0.123 e. The molecule has 1 aliphatic carbocycles. The molecule has 0 radical (unpaired) electrons. The highest BCUT2D eigenvalue weighted by Crippen LogP contribution is 2.33. The highest BCUT2D eigenvalue weighted by atomic mass is 32.2. The molecule has 1 aliphatic rings. The molecule has 1 aromatic heterocycles. The molecule has 3 rings (SSSR count). The lowest BCUT2D eigenvalue weighted by Gasteiger charge is -2.22. The zero-order valence-corrected chi connectivity index (χ0v) is 15.3. The van der Waals surface area contributed by atoms with Crippen LogP contribution in [0.25, 0.3) is 5.69 Å². The summed E-state index contributed by atoms with van der Waals surface area (Å²) in [6.45, 7) is 4.06. The van der Waals surface area contributed by atoms with Crippen molar-refractivity contribution in [2.24, 2.45) is 0 Å². The third kappa shape index (κ3) is 3.86. The number of aliphatic hydroxyl groups excluding tert-OH is 1. The van der Waals surface area contributed by atoms with Crippen LogP contribution >= 0.6 is 11.8 Å². The Hall–Kier alpha value is -1.26. The van der Waals surface area contributed by atoms with Gasteiger partial charge in [-0.3, -0.25) is 0 Å². The molecule has 2 aromatic rings. The SMILES string of the molecule is Cc1cc(C(O)CSC2CCCCC2)c(C)n1-c1ccc(F)cc1. The van der Waals surface area contributed by atoms with Crippen molar-refractivity contribution in [3.8, 4) is 5.69 Å². The fourth-order valence-electron chi connectivity index (χ4n) is 3.66. The fourth-order valence-corrected chi connectivity index (χ4v) is 4.96. The Morgan fingerprint density at radius 2 is 1.83 bits per heavy atom. The van der Waals surface area contributed by atoms with Crippen LogP contribution in [0.3, 0.4) is 0 Å². The van der Waals surface area contributed by atoms with E-state index in [0.29, 0.717) is 5.25 Å². The number of benzene rings is 1. The Labute approximate surface area is 148 Å². The van der Waals surface area contributed by atoms with Crippen LogP contribution in [0.15, 0.2) is 30.3 Å². The summed E-state index contributed by atoms with van der Waals surface area (Å²) in [6.07, 6.45) is 6.13. The Bertz CT molecular complexity index is 674. The molecule has 1 fully saturated rings. The largest absolute Gasteiger partial charge is 0.387 e. The third-order valence-electron chi connectivity index (χ3n) is 4.96. The highest BCUT2D eigenvalue weighted by molar-refractivity contribution is 7.99. The van der Waals surface area contributed by atoms with Crippen molar-refractivity contribution < 1.29 is 9.50 Å². The Kier molecular flexibility index (Phi) is 5.67. The van der Waals surface area contributed by atoms with E-state index in [-0.39, 0.29) is 5.82 Å². The van der Waals surface area contributed by atoms with Crippen LogP contribution in [0.1, 0.15) is 55.2 Å². The minimum absolute atomic E-state index is 0.231. The van der Waals surface area contributed by atoms with Gasteiger partial charge in [-0.2, -0.15) is 11.8 Å². The molecule has 1 heterocycles. The molecule has 0 aliphatic heterocycles. The normalized spacial score (nSPS) is 17.2. The molecule has 4 heteroatoms. The monoisotopic (exact) mass is 347 g/mol. The van der Waals surface area contributed by atoms with E-state index in [1.165, 1.54) is 44.2 Å². The van der Waals surface area contributed by atoms with Crippen molar-refractivity contribution in [1.82, 2.24) is 4.57 Å². The summed E-state index contributed by atoms with van der Waals surface area (Å²) < 4.78 is 15.2. The van der Waals surface area contributed by atoms with Gasteiger partial charge in [-0.25, -0.2) is 4.39 Å². The van der Waals surface area contributed by atoms with Crippen molar-refractivity contribution in [3.63, 3.8) is 0 Å². The average Bonchev–Trinajstić information content (AvgIpc) is 2.89. The summed E-state index contributed by atoms with van der Waals surface area (Å²) in [6, 6.07) is 8.57. The molecule has 1 N–H and O–H groups in total. The van der Waals surface area contributed by atoms with Gasteiger partial charge in [0.2, 0.25) is 0 Å². The average molecular weight is 347 g/mol. The second kappa shape index (κ2) is 7.75. The maximum Gasteiger partial charge on any atom is 0.123 e. The molecule has 1 unspecified atom stereocenters. The molecule has 130 valence electrons. The van der Waals surface area contributed by atoms with E-state index in [9.17, 15) is 9.50 Å². The number of aryl methyl sites for hydroxylation is 1. The maximum absolute atomic E-state index is 13.2. The van der Waals surface area contributed by atoms with Crippen LogP contribution in [-0.4, -0.2) is 20.7 Å². The molecule has 1 atom stereocenters. The van der Waals surface area contributed by atoms with Crippen LogP contribution in [0.4, 0.5) is 4.39 Å². The van der Waals surface area contributed by atoms with Gasteiger partial charge in [0.15, 0.2) is 0 Å². The lowest BCUT2D eigenvalue weighted by atomic mass is 10.0. The molecule has 2 nitrogen and oxygen atoms in total. The van der Waals surface area contributed by atoms with Gasteiger partial charge < -0.3 is 9.67 Å². The predicted octanol–water partition coefficient (Wildman–Crippen LogP) is 5.33.